The molecule has 0 saturated heterocycles. The Morgan fingerprint density at radius 1 is 1.07 bits per heavy atom. The predicted octanol–water partition coefficient (Wildman–Crippen LogP) is 5.77. The Labute approximate surface area is 164 Å². The number of fused-ring (bicyclic) bond motifs is 1. The standard InChI is InChI=1S/C24H24O4/c1-15(2)24(25)28-21-12-11-20(16(21)3)26-19-10-9-18-13-22(27-23(18)14-19)17-7-5-4-6-8-17/h4-10,13-14,16,20-21H,1,11-12H2,2-3H3. The van der Waals surface area contributed by atoms with Gasteiger partial charge < -0.3 is 13.9 Å². The second kappa shape index (κ2) is 7.55. The zero-order valence-corrected chi connectivity index (χ0v) is 16.2. The highest BCUT2D eigenvalue weighted by Crippen LogP contribution is 2.35. The third kappa shape index (κ3) is 3.68. The van der Waals surface area contributed by atoms with Crippen molar-refractivity contribution in [2.24, 2.45) is 5.92 Å². The molecule has 2 aromatic carbocycles. The molecule has 0 aliphatic heterocycles. The van der Waals surface area contributed by atoms with Crippen LogP contribution in [0.3, 0.4) is 0 Å². The fraction of sp³-hybridized carbons (Fsp3) is 0.292. The van der Waals surface area contributed by atoms with E-state index < -0.39 is 0 Å². The van der Waals surface area contributed by atoms with Gasteiger partial charge in [-0.1, -0.05) is 43.8 Å². The van der Waals surface area contributed by atoms with E-state index >= 15 is 0 Å². The average molecular weight is 376 g/mol. The van der Waals surface area contributed by atoms with Crippen molar-refractivity contribution in [2.45, 2.75) is 38.9 Å². The first-order valence-corrected chi connectivity index (χ1v) is 9.63. The van der Waals surface area contributed by atoms with Crippen LogP contribution in [-0.4, -0.2) is 18.2 Å². The van der Waals surface area contributed by atoms with Gasteiger partial charge in [0.25, 0.3) is 0 Å². The van der Waals surface area contributed by atoms with E-state index in [9.17, 15) is 4.79 Å². The fourth-order valence-corrected chi connectivity index (χ4v) is 3.67. The van der Waals surface area contributed by atoms with Crippen LogP contribution >= 0.6 is 0 Å². The molecule has 1 aliphatic rings. The summed E-state index contributed by atoms with van der Waals surface area (Å²) in [5.41, 5.74) is 2.27. The van der Waals surface area contributed by atoms with E-state index in [-0.39, 0.29) is 24.1 Å². The first-order valence-electron chi connectivity index (χ1n) is 9.63. The van der Waals surface area contributed by atoms with Crippen molar-refractivity contribution in [3.63, 3.8) is 0 Å². The molecule has 4 heteroatoms. The van der Waals surface area contributed by atoms with Crippen LogP contribution in [0.1, 0.15) is 26.7 Å². The zero-order chi connectivity index (χ0) is 19.7. The van der Waals surface area contributed by atoms with Gasteiger partial charge in [0.2, 0.25) is 0 Å². The zero-order valence-electron chi connectivity index (χ0n) is 16.2. The van der Waals surface area contributed by atoms with E-state index in [1.165, 1.54) is 0 Å². The molecular weight excluding hydrogens is 352 g/mol. The Hall–Kier alpha value is -3.01. The third-order valence-corrected chi connectivity index (χ3v) is 5.35. The summed E-state index contributed by atoms with van der Waals surface area (Å²) >= 11 is 0. The molecule has 1 aliphatic carbocycles. The normalized spacial score (nSPS) is 21.6. The lowest BCUT2D eigenvalue weighted by Crippen LogP contribution is -2.28. The molecule has 1 heterocycles. The van der Waals surface area contributed by atoms with Crippen molar-refractivity contribution >= 4 is 16.9 Å². The van der Waals surface area contributed by atoms with Crippen LogP contribution in [0.5, 0.6) is 5.75 Å². The molecule has 0 N–H and O–H groups in total. The molecule has 1 aromatic heterocycles. The second-order valence-corrected chi connectivity index (χ2v) is 7.49. The van der Waals surface area contributed by atoms with Gasteiger partial charge in [0, 0.05) is 28.5 Å². The Kier molecular flexibility index (Phi) is 4.95. The number of esters is 1. The van der Waals surface area contributed by atoms with Gasteiger partial charge in [-0.15, -0.1) is 0 Å². The minimum atomic E-state index is -0.331. The van der Waals surface area contributed by atoms with E-state index in [0.29, 0.717) is 5.57 Å². The molecule has 3 aromatic rings. The van der Waals surface area contributed by atoms with Gasteiger partial charge in [0.1, 0.15) is 29.3 Å². The van der Waals surface area contributed by atoms with Crippen LogP contribution in [0.2, 0.25) is 0 Å². The third-order valence-electron chi connectivity index (χ3n) is 5.35. The van der Waals surface area contributed by atoms with Crippen LogP contribution in [0.25, 0.3) is 22.3 Å². The Bertz CT molecular complexity index is 1000. The molecular formula is C24H24O4. The Morgan fingerprint density at radius 2 is 1.82 bits per heavy atom. The summed E-state index contributed by atoms with van der Waals surface area (Å²) in [5.74, 6) is 1.40. The summed E-state index contributed by atoms with van der Waals surface area (Å²) in [4.78, 5) is 11.8. The lowest BCUT2D eigenvalue weighted by molar-refractivity contribution is -0.146. The molecule has 1 fully saturated rings. The SMILES string of the molecule is C=C(C)C(=O)OC1CCC(Oc2ccc3cc(-c4ccccc4)oc3c2)C1C. The van der Waals surface area contributed by atoms with E-state index in [4.69, 9.17) is 13.9 Å². The molecule has 0 bridgehead atoms. The molecule has 4 nitrogen and oxygen atoms in total. The molecule has 4 rings (SSSR count). The van der Waals surface area contributed by atoms with E-state index in [2.05, 4.69) is 13.5 Å². The molecule has 0 spiro atoms. The first kappa shape index (κ1) is 18.4. The van der Waals surface area contributed by atoms with Crippen LogP contribution < -0.4 is 4.74 Å². The number of ether oxygens (including phenoxy) is 2. The van der Waals surface area contributed by atoms with Crippen molar-refractivity contribution < 1.29 is 18.7 Å². The fourth-order valence-electron chi connectivity index (χ4n) is 3.67. The van der Waals surface area contributed by atoms with Gasteiger partial charge in [-0.05, 0) is 38.0 Å². The number of carbonyl (C=O) groups is 1. The smallest absolute Gasteiger partial charge is 0.333 e. The first-order chi connectivity index (χ1) is 13.5. The Morgan fingerprint density at radius 3 is 2.57 bits per heavy atom. The van der Waals surface area contributed by atoms with E-state index in [1.54, 1.807) is 6.92 Å². The number of hydrogen-bond donors (Lipinski definition) is 0. The van der Waals surface area contributed by atoms with Crippen molar-refractivity contribution in [1.82, 2.24) is 0 Å². The van der Waals surface area contributed by atoms with E-state index in [0.717, 1.165) is 40.9 Å². The summed E-state index contributed by atoms with van der Waals surface area (Å²) in [7, 11) is 0. The highest BCUT2D eigenvalue weighted by molar-refractivity contribution is 5.87. The van der Waals surface area contributed by atoms with Gasteiger partial charge in [-0.2, -0.15) is 0 Å². The topological polar surface area (TPSA) is 48.7 Å². The second-order valence-electron chi connectivity index (χ2n) is 7.49. The molecule has 0 radical (unpaired) electrons. The van der Waals surface area contributed by atoms with Crippen molar-refractivity contribution in [3.8, 4) is 17.1 Å². The maximum absolute atomic E-state index is 11.8. The van der Waals surface area contributed by atoms with Gasteiger partial charge in [-0.25, -0.2) is 4.79 Å². The molecule has 144 valence electrons. The maximum Gasteiger partial charge on any atom is 0.333 e. The number of rotatable bonds is 5. The van der Waals surface area contributed by atoms with Gasteiger partial charge in [0.15, 0.2) is 0 Å². The average Bonchev–Trinajstić information content (AvgIpc) is 3.27. The van der Waals surface area contributed by atoms with Crippen molar-refractivity contribution in [1.29, 1.82) is 0 Å². The monoisotopic (exact) mass is 376 g/mol. The molecule has 28 heavy (non-hydrogen) atoms. The summed E-state index contributed by atoms with van der Waals surface area (Å²) in [6.07, 6.45) is 1.52. The molecule has 0 amide bonds. The van der Waals surface area contributed by atoms with Crippen LogP contribution in [0.4, 0.5) is 0 Å². The number of benzene rings is 2. The molecule has 3 unspecified atom stereocenters. The highest BCUT2D eigenvalue weighted by atomic mass is 16.5. The molecule has 3 atom stereocenters. The summed E-state index contributed by atoms with van der Waals surface area (Å²) < 4.78 is 17.8. The lowest BCUT2D eigenvalue weighted by Gasteiger charge is -2.22. The van der Waals surface area contributed by atoms with Crippen molar-refractivity contribution in [2.75, 3.05) is 0 Å². The van der Waals surface area contributed by atoms with Gasteiger partial charge >= 0.3 is 5.97 Å². The summed E-state index contributed by atoms with van der Waals surface area (Å²) in [6.45, 7) is 7.37. The summed E-state index contributed by atoms with van der Waals surface area (Å²) in [5, 5.41) is 1.04. The minimum Gasteiger partial charge on any atom is -0.490 e. The van der Waals surface area contributed by atoms with Crippen LogP contribution in [-0.2, 0) is 9.53 Å². The number of carbonyl (C=O) groups excluding carboxylic acids is 1. The van der Waals surface area contributed by atoms with Gasteiger partial charge in [0.05, 0.1) is 0 Å². The Balaban J connectivity index is 1.48. The molecule has 1 saturated carbocycles. The number of hydrogen-bond acceptors (Lipinski definition) is 4. The van der Waals surface area contributed by atoms with Crippen molar-refractivity contribution in [3.05, 3.63) is 66.7 Å². The number of furan rings is 1. The van der Waals surface area contributed by atoms with Crippen LogP contribution in [0.15, 0.2) is 71.2 Å². The predicted molar refractivity (Wildman–Crippen MR) is 109 cm³/mol. The van der Waals surface area contributed by atoms with Crippen LogP contribution in [0, 0.1) is 5.92 Å². The minimum absolute atomic E-state index is 0.00364. The van der Waals surface area contributed by atoms with Gasteiger partial charge in [-0.3, -0.25) is 0 Å². The lowest BCUT2D eigenvalue weighted by atomic mass is 10.1. The maximum atomic E-state index is 11.8. The highest BCUT2D eigenvalue weighted by Gasteiger charge is 2.37. The van der Waals surface area contributed by atoms with E-state index in [1.807, 2.05) is 54.6 Å². The quantitative estimate of drug-likeness (QED) is 0.419. The largest absolute Gasteiger partial charge is 0.490 e. The summed E-state index contributed by atoms with van der Waals surface area (Å²) in [6, 6.07) is 18.0.